The molecular weight excluding hydrogens is 368 g/mol. The molecule has 6 nitrogen and oxygen atoms in total. The highest BCUT2D eigenvalue weighted by molar-refractivity contribution is 6.00. The number of methoxy groups -OCH3 is 1. The molecule has 6 heteroatoms. The molecular formula is C23H22N2O4. The Bertz CT molecular complexity index is 1030. The molecule has 1 aliphatic heterocycles. The summed E-state index contributed by atoms with van der Waals surface area (Å²) in [6, 6.07) is 16.7. The number of rotatable bonds is 5. The van der Waals surface area contributed by atoms with Crippen LogP contribution in [0.4, 0.5) is 0 Å². The van der Waals surface area contributed by atoms with Crippen molar-refractivity contribution < 1.29 is 19.0 Å². The van der Waals surface area contributed by atoms with Crippen molar-refractivity contribution in [3.05, 3.63) is 82.3 Å². The Morgan fingerprint density at radius 2 is 1.90 bits per heavy atom. The van der Waals surface area contributed by atoms with Crippen molar-refractivity contribution in [1.82, 2.24) is 0 Å². The van der Waals surface area contributed by atoms with E-state index in [-0.39, 0.29) is 29.4 Å². The van der Waals surface area contributed by atoms with E-state index in [0.717, 1.165) is 11.1 Å². The second kappa shape index (κ2) is 8.53. The van der Waals surface area contributed by atoms with E-state index in [0.29, 0.717) is 11.3 Å². The van der Waals surface area contributed by atoms with E-state index >= 15 is 0 Å². The third-order valence-electron chi connectivity index (χ3n) is 4.77. The number of nitrogens with two attached hydrogens (primary N) is 1. The molecule has 0 radical (unpaired) electrons. The summed E-state index contributed by atoms with van der Waals surface area (Å²) in [5.41, 5.74) is 8.89. The summed E-state index contributed by atoms with van der Waals surface area (Å²) in [5.74, 6) is -0.326. The number of allylic oxidation sites excluding steroid dienone is 1. The molecule has 2 N–H and O–H groups in total. The normalized spacial score (nSPS) is 16.1. The standard InChI is InChI=1S/C23H22N2O4/c1-4-28-23(26)20-19(17-8-6-5-7-14(17)2)18(13-24)22(25)29-21(20)15-9-11-16(27-3)12-10-15/h5-12,19H,4,25H2,1-3H3. The summed E-state index contributed by atoms with van der Waals surface area (Å²) in [5, 5.41) is 9.78. The highest BCUT2D eigenvalue weighted by Gasteiger charge is 2.38. The van der Waals surface area contributed by atoms with Crippen LogP contribution in [0.25, 0.3) is 5.76 Å². The summed E-state index contributed by atoms with van der Waals surface area (Å²) >= 11 is 0. The zero-order valence-corrected chi connectivity index (χ0v) is 16.6. The Morgan fingerprint density at radius 1 is 1.21 bits per heavy atom. The number of hydrogen-bond donors (Lipinski definition) is 1. The lowest BCUT2D eigenvalue weighted by Gasteiger charge is -2.29. The predicted octanol–water partition coefficient (Wildman–Crippen LogP) is 3.79. The van der Waals surface area contributed by atoms with E-state index < -0.39 is 11.9 Å². The van der Waals surface area contributed by atoms with Crippen molar-refractivity contribution in [3.63, 3.8) is 0 Å². The lowest BCUT2D eigenvalue weighted by molar-refractivity contribution is -0.138. The average Bonchev–Trinajstić information content (AvgIpc) is 2.73. The minimum atomic E-state index is -0.689. The topological polar surface area (TPSA) is 94.6 Å². The minimum Gasteiger partial charge on any atom is -0.497 e. The van der Waals surface area contributed by atoms with Gasteiger partial charge in [-0.2, -0.15) is 5.26 Å². The third-order valence-corrected chi connectivity index (χ3v) is 4.77. The number of hydrogen-bond acceptors (Lipinski definition) is 6. The monoisotopic (exact) mass is 390 g/mol. The summed E-state index contributed by atoms with van der Waals surface area (Å²) < 4.78 is 16.3. The second-order valence-corrected chi connectivity index (χ2v) is 6.47. The average molecular weight is 390 g/mol. The van der Waals surface area contributed by atoms with Gasteiger partial charge in [0.15, 0.2) is 0 Å². The van der Waals surface area contributed by atoms with Crippen molar-refractivity contribution in [2.45, 2.75) is 19.8 Å². The summed E-state index contributed by atoms with van der Waals surface area (Å²) in [7, 11) is 1.57. The number of aryl methyl sites for hydroxylation is 1. The van der Waals surface area contributed by atoms with Gasteiger partial charge in [0.25, 0.3) is 0 Å². The van der Waals surface area contributed by atoms with Crippen LogP contribution in [0, 0.1) is 18.3 Å². The molecule has 2 aromatic carbocycles. The van der Waals surface area contributed by atoms with E-state index in [1.54, 1.807) is 38.3 Å². The number of carbonyl (C=O) groups is 1. The Balaban J connectivity index is 2.28. The Labute approximate surface area is 169 Å². The molecule has 0 aromatic heterocycles. The number of benzene rings is 2. The van der Waals surface area contributed by atoms with Gasteiger partial charge in [0.1, 0.15) is 23.2 Å². The maximum absolute atomic E-state index is 13.0. The molecule has 0 spiro atoms. The molecule has 0 aliphatic carbocycles. The number of carbonyl (C=O) groups excluding carboxylic acids is 1. The maximum Gasteiger partial charge on any atom is 0.338 e. The van der Waals surface area contributed by atoms with E-state index in [2.05, 4.69) is 6.07 Å². The maximum atomic E-state index is 13.0. The van der Waals surface area contributed by atoms with Gasteiger partial charge in [-0.15, -0.1) is 0 Å². The fourth-order valence-electron chi connectivity index (χ4n) is 3.36. The zero-order valence-electron chi connectivity index (χ0n) is 16.6. The predicted molar refractivity (Wildman–Crippen MR) is 108 cm³/mol. The van der Waals surface area contributed by atoms with Crippen molar-refractivity contribution >= 4 is 11.7 Å². The van der Waals surface area contributed by atoms with Crippen molar-refractivity contribution in [1.29, 1.82) is 5.26 Å². The first-order valence-corrected chi connectivity index (χ1v) is 9.20. The van der Waals surface area contributed by atoms with Gasteiger partial charge in [-0.25, -0.2) is 4.79 Å². The molecule has 148 valence electrons. The first kappa shape index (κ1) is 20.0. The molecule has 0 saturated heterocycles. The fourth-order valence-corrected chi connectivity index (χ4v) is 3.36. The van der Waals surface area contributed by atoms with Crippen LogP contribution in [0.1, 0.15) is 29.5 Å². The van der Waals surface area contributed by atoms with Crippen LogP contribution >= 0.6 is 0 Å². The molecule has 1 unspecified atom stereocenters. The van der Waals surface area contributed by atoms with Gasteiger partial charge in [0.05, 0.1) is 25.2 Å². The van der Waals surface area contributed by atoms with E-state index in [4.69, 9.17) is 19.9 Å². The van der Waals surface area contributed by atoms with Crippen LogP contribution in [0.15, 0.2) is 65.6 Å². The van der Waals surface area contributed by atoms with Gasteiger partial charge in [-0.3, -0.25) is 0 Å². The fraction of sp³-hybridized carbons (Fsp3) is 0.217. The highest BCUT2D eigenvalue weighted by atomic mass is 16.5. The number of nitriles is 1. The molecule has 0 saturated carbocycles. The second-order valence-electron chi connectivity index (χ2n) is 6.47. The lowest BCUT2D eigenvalue weighted by Crippen LogP contribution is -2.26. The van der Waals surface area contributed by atoms with Gasteiger partial charge < -0.3 is 19.9 Å². The van der Waals surface area contributed by atoms with Crippen LogP contribution in [0.3, 0.4) is 0 Å². The molecule has 1 heterocycles. The van der Waals surface area contributed by atoms with Gasteiger partial charge in [0, 0.05) is 5.56 Å². The molecule has 1 atom stereocenters. The van der Waals surface area contributed by atoms with Gasteiger partial charge >= 0.3 is 5.97 Å². The zero-order chi connectivity index (χ0) is 21.0. The smallest absolute Gasteiger partial charge is 0.338 e. The molecule has 3 rings (SSSR count). The first-order valence-electron chi connectivity index (χ1n) is 9.20. The SMILES string of the molecule is CCOC(=O)C1=C(c2ccc(OC)cc2)OC(N)=C(C#N)C1c1ccccc1C. The Kier molecular flexibility index (Phi) is 5.89. The summed E-state index contributed by atoms with van der Waals surface area (Å²) in [6.07, 6.45) is 0. The van der Waals surface area contributed by atoms with Gasteiger partial charge in [0.2, 0.25) is 5.88 Å². The van der Waals surface area contributed by atoms with E-state index in [1.165, 1.54) is 0 Å². The molecule has 0 bridgehead atoms. The van der Waals surface area contributed by atoms with E-state index in [9.17, 15) is 10.1 Å². The van der Waals surface area contributed by atoms with Crippen LogP contribution in [0.2, 0.25) is 0 Å². The largest absolute Gasteiger partial charge is 0.497 e. The van der Waals surface area contributed by atoms with Crippen molar-refractivity contribution in [2.24, 2.45) is 5.73 Å². The first-order chi connectivity index (χ1) is 14.0. The third kappa shape index (κ3) is 3.81. The quantitative estimate of drug-likeness (QED) is 0.781. The number of esters is 1. The molecule has 0 amide bonds. The Hall–Kier alpha value is -3.72. The summed E-state index contributed by atoms with van der Waals surface area (Å²) in [4.78, 5) is 13.0. The minimum absolute atomic E-state index is 0.0281. The van der Waals surface area contributed by atoms with Crippen LogP contribution < -0.4 is 10.5 Å². The van der Waals surface area contributed by atoms with Crippen LogP contribution in [-0.4, -0.2) is 19.7 Å². The molecule has 0 fully saturated rings. The number of nitrogens with zero attached hydrogens (tertiary/aromatic N) is 1. The molecule has 2 aromatic rings. The lowest BCUT2D eigenvalue weighted by atomic mass is 9.80. The summed E-state index contributed by atoms with van der Waals surface area (Å²) in [6.45, 7) is 3.85. The molecule has 1 aliphatic rings. The van der Waals surface area contributed by atoms with Crippen LogP contribution in [0.5, 0.6) is 5.75 Å². The number of ether oxygens (including phenoxy) is 3. The highest BCUT2D eigenvalue weighted by Crippen LogP contribution is 2.43. The van der Waals surface area contributed by atoms with Crippen molar-refractivity contribution in [2.75, 3.05) is 13.7 Å². The van der Waals surface area contributed by atoms with Gasteiger partial charge in [-0.05, 0) is 49.2 Å². The van der Waals surface area contributed by atoms with E-state index in [1.807, 2.05) is 31.2 Å². The Morgan fingerprint density at radius 3 is 2.48 bits per heavy atom. The van der Waals surface area contributed by atoms with Crippen LogP contribution in [-0.2, 0) is 14.3 Å². The van der Waals surface area contributed by atoms with Crippen molar-refractivity contribution in [3.8, 4) is 11.8 Å². The molecule has 29 heavy (non-hydrogen) atoms. The van der Waals surface area contributed by atoms with Gasteiger partial charge in [-0.1, -0.05) is 24.3 Å².